The monoisotopic (exact) mass is 229 g/mol. The van der Waals surface area contributed by atoms with Crippen molar-refractivity contribution < 1.29 is 10.2 Å². The molecule has 2 rings (SSSR count). The lowest BCUT2D eigenvalue weighted by Gasteiger charge is -1.96. The van der Waals surface area contributed by atoms with Crippen molar-refractivity contribution in [1.82, 2.24) is 4.98 Å². The predicted molar refractivity (Wildman–Crippen MR) is 65.8 cm³/mol. The summed E-state index contributed by atoms with van der Waals surface area (Å²) in [5.74, 6) is 0.131. The molecule has 0 aliphatic carbocycles. The minimum Gasteiger partial charge on any atom is -0.508 e. The topological polar surface area (TPSA) is 73.3 Å². The fourth-order valence-electron chi connectivity index (χ4n) is 1.41. The van der Waals surface area contributed by atoms with E-state index in [0.717, 1.165) is 11.6 Å². The Labute approximate surface area is 97.5 Å². The van der Waals surface area contributed by atoms with E-state index in [9.17, 15) is 9.90 Å². The van der Waals surface area contributed by atoms with E-state index < -0.39 is 0 Å². The minimum absolute atomic E-state index is 0.0703. The van der Waals surface area contributed by atoms with E-state index in [-0.39, 0.29) is 17.1 Å². The van der Waals surface area contributed by atoms with E-state index in [1.807, 2.05) is 0 Å². The number of rotatable bonds is 2. The van der Waals surface area contributed by atoms with Gasteiger partial charge in [0.25, 0.3) is 5.56 Å². The van der Waals surface area contributed by atoms with Crippen LogP contribution in [0.3, 0.4) is 0 Å². The molecule has 0 aliphatic rings. The summed E-state index contributed by atoms with van der Waals surface area (Å²) in [6.07, 6.45) is 3.44. The van der Waals surface area contributed by atoms with Crippen molar-refractivity contribution in [3.8, 4) is 11.5 Å². The van der Waals surface area contributed by atoms with Crippen molar-refractivity contribution >= 4 is 12.2 Å². The first-order valence-electron chi connectivity index (χ1n) is 5.04. The molecule has 0 saturated heterocycles. The highest BCUT2D eigenvalue weighted by Crippen LogP contribution is 2.13. The second-order valence-electron chi connectivity index (χ2n) is 3.58. The molecule has 17 heavy (non-hydrogen) atoms. The summed E-state index contributed by atoms with van der Waals surface area (Å²) in [7, 11) is 0. The van der Waals surface area contributed by atoms with Gasteiger partial charge in [0.1, 0.15) is 11.5 Å². The van der Waals surface area contributed by atoms with Gasteiger partial charge in [0.05, 0.1) is 0 Å². The Bertz CT molecular complexity index is 597. The highest BCUT2D eigenvalue weighted by atomic mass is 16.3. The van der Waals surface area contributed by atoms with Crippen LogP contribution in [-0.2, 0) is 0 Å². The number of hydrogen-bond donors (Lipinski definition) is 3. The summed E-state index contributed by atoms with van der Waals surface area (Å²) in [6.45, 7) is 0. The zero-order chi connectivity index (χ0) is 12.3. The van der Waals surface area contributed by atoms with E-state index in [1.165, 1.54) is 6.07 Å². The van der Waals surface area contributed by atoms with Crippen molar-refractivity contribution in [2.24, 2.45) is 0 Å². The van der Waals surface area contributed by atoms with E-state index in [4.69, 9.17) is 5.11 Å². The molecule has 1 heterocycles. The Kier molecular flexibility index (Phi) is 2.96. The molecule has 0 amide bonds. The maximum Gasteiger partial charge on any atom is 0.252 e. The van der Waals surface area contributed by atoms with Crippen LogP contribution in [0.15, 0.2) is 41.2 Å². The molecule has 0 bridgehead atoms. The fourth-order valence-corrected chi connectivity index (χ4v) is 1.41. The van der Waals surface area contributed by atoms with Crippen LogP contribution in [0.4, 0.5) is 0 Å². The number of benzene rings is 1. The number of aromatic hydroxyl groups is 2. The highest BCUT2D eigenvalue weighted by molar-refractivity contribution is 5.68. The molecule has 0 unspecified atom stereocenters. The summed E-state index contributed by atoms with van der Waals surface area (Å²) >= 11 is 0. The van der Waals surface area contributed by atoms with Gasteiger partial charge in [-0.2, -0.15) is 0 Å². The van der Waals surface area contributed by atoms with Gasteiger partial charge in [-0.15, -0.1) is 0 Å². The quantitative estimate of drug-likeness (QED) is 0.737. The van der Waals surface area contributed by atoms with Crippen LogP contribution in [0.25, 0.3) is 12.2 Å². The van der Waals surface area contributed by atoms with Gasteiger partial charge in [0.15, 0.2) is 0 Å². The van der Waals surface area contributed by atoms with Crippen molar-refractivity contribution in [2.75, 3.05) is 0 Å². The van der Waals surface area contributed by atoms with Gasteiger partial charge < -0.3 is 15.2 Å². The van der Waals surface area contributed by atoms with E-state index in [1.54, 1.807) is 36.4 Å². The molecule has 3 N–H and O–H groups in total. The van der Waals surface area contributed by atoms with Crippen molar-refractivity contribution in [3.05, 3.63) is 58.0 Å². The summed E-state index contributed by atoms with van der Waals surface area (Å²) in [5.41, 5.74) is 1.05. The second-order valence-corrected chi connectivity index (χ2v) is 3.58. The van der Waals surface area contributed by atoms with E-state index >= 15 is 0 Å². The van der Waals surface area contributed by atoms with Gasteiger partial charge in [0, 0.05) is 17.8 Å². The SMILES string of the molecule is O=c1cc(O)cc(C=Cc2ccc(O)cc2)[nH]1. The maximum atomic E-state index is 11.1. The lowest BCUT2D eigenvalue weighted by Crippen LogP contribution is -2.03. The van der Waals surface area contributed by atoms with Crippen molar-refractivity contribution in [2.45, 2.75) is 0 Å². The molecule has 0 fully saturated rings. The summed E-state index contributed by atoms with van der Waals surface area (Å²) < 4.78 is 0. The highest BCUT2D eigenvalue weighted by Gasteiger charge is 1.94. The third-order valence-corrected chi connectivity index (χ3v) is 2.20. The molecule has 0 spiro atoms. The third kappa shape index (κ3) is 2.98. The van der Waals surface area contributed by atoms with E-state index in [0.29, 0.717) is 5.69 Å². The number of aromatic amines is 1. The second kappa shape index (κ2) is 4.57. The van der Waals surface area contributed by atoms with E-state index in [2.05, 4.69) is 4.98 Å². The van der Waals surface area contributed by atoms with Gasteiger partial charge in [-0.3, -0.25) is 4.79 Å². The lowest BCUT2D eigenvalue weighted by atomic mass is 10.2. The Hall–Kier alpha value is -2.49. The molecule has 1 aromatic heterocycles. The van der Waals surface area contributed by atoms with Crippen molar-refractivity contribution in [1.29, 1.82) is 0 Å². The number of nitrogens with one attached hydrogen (secondary N) is 1. The molecule has 0 atom stereocenters. The van der Waals surface area contributed by atoms with Crippen LogP contribution in [0.2, 0.25) is 0 Å². The molecule has 86 valence electrons. The predicted octanol–water partition coefficient (Wildman–Crippen LogP) is 1.96. The van der Waals surface area contributed by atoms with Crippen LogP contribution in [-0.4, -0.2) is 15.2 Å². The summed E-state index contributed by atoms with van der Waals surface area (Å²) in [6, 6.07) is 9.20. The van der Waals surface area contributed by atoms with Crippen LogP contribution >= 0.6 is 0 Å². The van der Waals surface area contributed by atoms with Crippen molar-refractivity contribution in [3.63, 3.8) is 0 Å². The summed E-state index contributed by atoms with van der Waals surface area (Å²) in [4.78, 5) is 13.7. The Morgan fingerprint density at radius 3 is 2.29 bits per heavy atom. The summed E-state index contributed by atoms with van der Waals surface area (Å²) in [5, 5.41) is 18.4. The Morgan fingerprint density at radius 2 is 1.65 bits per heavy atom. The first-order valence-corrected chi connectivity index (χ1v) is 5.04. The number of aromatic nitrogens is 1. The third-order valence-electron chi connectivity index (χ3n) is 2.20. The number of pyridine rings is 1. The van der Waals surface area contributed by atoms with Gasteiger partial charge in [-0.1, -0.05) is 18.2 Å². The number of phenolic OH excluding ortho intramolecular Hbond substituents is 1. The zero-order valence-corrected chi connectivity index (χ0v) is 8.92. The number of H-pyrrole nitrogens is 1. The smallest absolute Gasteiger partial charge is 0.252 e. The molecule has 1 aromatic carbocycles. The first kappa shape index (κ1) is 11.0. The molecular weight excluding hydrogens is 218 g/mol. The van der Waals surface area contributed by atoms with Crippen LogP contribution in [0, 0.1) is 0 Å². The average molecular weight is 229 g/mol. The minimum atomic E-state index is -0.352. The molecule has 0 aliphatic heterocycles. The lowest BCUT2D eigenvalue weighted by molar-refractivity contribution is 0.473. The van der Waals surface area contributed by atoms with Gasteiger partial charge in [0.2, 0.25) is 0 Å². The molecular formula is C13H11NO3. The Morgan fingerprint density at radius 1 is 0.941 bits per heavy atom. The van der Waals surface area contributed by atoms with Gasteiger partial charge in [-0.25, -0.2) is 0 Å². The number of hydrogen-bond acceptors (Lipinski definition) is 3. The van der Waals surface area contributed by atoms with Gasteiger partial charge >= 0.3 is 0 Å². The Balaban J connectivity index is 2.25. The largest absolute Gasteiger partial charge is 0.508 e. The zero-order valence-electron chi connectivity index (χ0n) is 8.92. The molecule has 0 saturated carbocycles. The maximum absolute atomic E-state index is 11.1. The first-order chi connectivity index (χ1) is 8.13. The standard InChI is InChI=1S/C13H11NO3/c15-11-5-2-9(3-6-11)1-4-10-7-12(16)8-13(17)14-10/h1-8,15H,(H2,14,16,17). The fraction of sp³-hybridized carbons (Fsp3) is 0. The number of phenols is 1. The molecule has 0 radical (unpaired) electrons. The van der Waals surface area contributed by atoms with Gasteiger partial charge in [-0.05, 0) is 23.8 Å². The molecule has 4 heteroatoms. The van der Waals surface area contributed by atoms with Crippen LogP contribution in [0.1, 0.15) is 11.3 Å². The molecule has 2 aromatic rings. The average Bonchev–Trinajstić information content (AvgIpc) is 2.27. The normalized spacial score (nSPS) is 10.8. The molecule has 4 nitrogen and oxygen atoms in total. The van der Waals surface area contributed by atoms with Crippen LogP contribution < -0.4 is 5.56 Å². The van der Waals surface area contributed by atoms with Crippen LogP contribution in [0.5, 0.6) is 11.5 Å².